The minimum absolute atomic E-state index is 0.0482. The Balaban J connectivity index is 1.60. The molecule has 0 spiro atoms. The lowest BCUT2D eigenvalue weighted by Crippen LogP contribution is -2.47. The zero-order chi connectivity index (χ0) is 22.9. The van der Waals surface area contributed by atoms with Crippen LogP contribution >= 0.6 is 0 Å². The topological polar surface area (TPSA) is 114 Å². The van der Waals surface area contributed by atoms with Gasteiger partial charge in [-0.2, -0.15) is 4.98 Å². The fourth-order valence-corrected chi connectivity index (χ4v) is 3.88. The van der Waals surface area contributed by atoms with Gasteiger partial charge in [-0.3, -0.25) is 4.79 Å². The molecule has 2 N–H and O–H groups in total. The maximum atomic E-state index is 12.9. The summed E-state index contributed by atoms with van der Waals surface area (Å²) in [6, 6.07) is 8.12. The first-order chi connectivity index (χ1) is 15.3. The second kappa shape index (κ2) is 8.66. The first-order valence-electron chi connectivity index (χ1n) is 10.8. The van der Waals surface area contributed by atoms with E-state index in [1.54, 1.807) is 17.3 Å². The lowest BCUT2D eigenvalue weighted by molar-refractivity contribution is 0.0615. The van der Waals surface area contributed by atoms with E-state index >= 15 is 0 Å². The maximum Gasteiger partial charge on any atom is 0.316 e. The van der Waals surface area contributed by atoms with Crippen LogP contribution in [0.5, 0.6) is 0 Å². The van der Waals surface area contributed by atoms with Gasteiger partial charge in [0.1, 0.15) is 0 Å². The van der Waals surface area contributed by atoms with Gasteiger partial charge in [-0.1, -0.05) is 43.3 Å². The summed E-state index contributed by atoms with van der Waals surface area (Å²) in [5.74, 6) is 0.761. The molecule has 32 heavy (non-hydrogen) atoms. The Bertz CT molecular complexity index is 1070. The van der Waals surface area contributed by atoms with Crippen LogP contribution < -0.4 is 5.73 Å². The van der Waals surface area contributed by atoms with Crippen LogP contribution in [0.2, 0.25) is 0 Å². The lowest BCUT2D eigenvalue weighted by atomic mass is 9.72. The number of anilines is 1. The van der Waals surface area contributed by atoms with Crippen LogP contribution in [-0.2, 0) is 5.41 Å². The number of nitrogen functional groups attached to an aromatic ring is 1. The predicted octanol–water partition coefficient (Wildman–Crippen LogP) is 2.46. The summed E-state index contributed by atoms with van der Waals surface area (Å²) >= 11 is 0. The van der Waals surface area contributed by atoms with Crippen LogP contribution in [0.15, 0.2) is 41.2 Å². The number of piperazine rings is 1. The third-order valence-electron chi connectivity index (χ3n) is 6.51. The molecular formula is C23H29N7O2. The fraction of sp³-hybridized carbons (Fsp3) is 0.435. The standard InChI is InChI=1S/C23H29N7O2/c1-15(2)23(3,18-7-5-16(6-8-18)17-13-25-22(24)26-14-17)21-27-19(32-28-21)20(31)30-11-9-29(4)10-12-30/h5-8,13-15H,9-12H2,1-4H3,(H2,24,25,26). The van der Waals surface area contributed by atoms with Crippen molar-refractivity contribution in [3.63, 3.8) is 0 Å². The largest absolute Gasteiger partial charge is 0.368 e. The van der Waals surface area contributed by atoms with Crippen molar-refractivity contribution < 1.29 is 9.32 Å². The Kier molecular flexibility index (Phi) is 5.92. The fourth-order valence-electron chi connectivity index (χ4n) is 3.88. The first-order valence-corrected chi connectivity index (χ1v) is 10.8. The molecule has 0 bridgehead atoms. The van der Waals surface area contributed by atoms with Gasteiger partial charge < -0.3 is 20.1 Å². The molecule has 0 aliphatic carbocycles. The number of amides is 1. The second-order valence-corrected chi connectivity index (χ2v) is 8.78. The lowest BCUT2D eigenvalue weighted by Gasteiger charge is -2.32. The van der Waals surface area contributed by atoms with Crippen molar-refractivity contribution in [3.05, 3.63) is 53.9 Å². The van der Waals surface area contributed by atoms with Crippen molar-refractivity contribution in [1.29, 1.82) is 0 Å². The quantitative estimate of drug-likeness (QED) is 0.650. The highest BCUT2D eigenvalue weighted by molar-refractivity contribution is 5.89. The van der Waals surface area contributed by atoms with Crippen molar-refractivity contribution in [2.24, 2.45) is 5.92 Å². The Morgan fingerprint density at radius 2 is 1.69 bits per heavy atom. The number of likely N-dealkylation sites (N-methyl/N-ethyl adjacent to an activating group) is 1. The van der Waals surface area contributed by atoms with E-state index in [9.17, 15) is 4.79 Å². The Morgan fingerprint density at radius 1 is 1.06 bits per heavy atom. The van der Waals surface area contributed by atoms with Crippen molar-refractivity contribution in [1.82, 2.24) is 29.9 Å². The zero-order valence-electron chi connectivity index (χ0n) is 18.9. The van der Waals surface area contributed by atoms with Crippen LogP contribution in [-0.4, -0.2) is 69.0 Å². The van der Waals surface area contributed by atoms with E-state index in [1.165, 1.54) is 0 Å². The third-order valence-corrected chi connectivity index (χ3v) is 6.51. The van der Waals surface area contributed by atoms with Gasteiger partial charge in [-0.05, 0) is 31.0 Å². The molecule has 1 unspecified atom stereocenters. The molecule has 168 valence electrons. The average Bonchev–Trinajstić information content (AvgIpc) is 3.30. The molecule has 4 rings (SSSR count). The van der Waals surface area contributed by atoms with Crippen LogP contribution in [0.1, 0.15) is 42.8 Å². The van der Waals surface area contributed by atoms with Crippen LogP contribution in [0.25, 0.3) is 11.1 Å². The molecule has 1 aliphatic heterocycles. The molecule has 3 heterocycles. The van der Waals surface area contributed by atoms with Crippen LogP contribution in [0.4, 0.5) is 5.95 Å². The van der Waals surface area contributed by atoms with Crippen molar-refractivity contribution in [2.75, 3.05) is 39.0 Å². The molecule has 9 heteroatoms. The predicted molar refractivity (Wildman–Crippen MR) is 121 cm³/mol. The Hall–Kier alpha value is -3.33. The van der Waals surface area contributed by atoms with Crippen LogP contribution in [0.3, 0.4) is 0 Å². The van der Waals surface area contributed by atoms with Crippen molar-refractivity contribution in [3.8, 4) is 11.1 Å². The molecule has 0 radical (unpaired) electrons. The number of carbonyl (C=O) groups is 1. The van der Waals surface area contributed by atoms with E-state index in [2.05, 4.69) is 45.8 Å². The monoisotopic (exact) mass is 435 g/mol. The number of nitrogens with zero attached hydrogens (tertiary/aromatic N) is 6. The van der Waals surface area contributed by atoms with Gasteiger partial charge in [0.2, 0.25) is 5.95 Å². The van der Waals surface area contributed by atoms with E-state index in [4.69, 9.17) is 10.3 Å². The number of carbonyl (C=O) groups excluding carboxylic acids is 1. The average molecular weight is 436 g/mol. The van der Waals surface area contributed by atoms with Crippen molar-refractivity contribution >= 4 is 11.9 Å². The summed E-state index contributed by atoms with van der Waals surface area (Å²) in [5, 5.41) is 4.23. The summed E-state index contributed by atoms with van der Waals surface area (Å²) < 4.78 is 5.43. The molecule has 0 saturated carbocycles. The molecule has 1 aliphatic rings. The maximum absolute atomic E-state index is 12.9. The Morgan fingerprint density at radius 3 is 2.28 bits per heavy atom. The van der Waals surface area contributed by atoms with Gasteiger partial charge in [-0.25, -0.2) is 9.97 Å². The van der Waals surface area contributed by atoms with Gasteiger partial charge in [-0.15, -0.1) is 0 Å². The Labute approximate surface area is 187 Å². The summed E-state index contributed by atoms with van der Waals surface area (Å²) in [6.45, 7) is 9.29. The highest BCUT2D eigenvalue weighted by Gasteiger charge is 2.38. The number of hydrogen-bond acceptors (Lipinski definition) is 8. The summed E-state index contributed by atoms with van der Waals surface area (Å²) in [4.78, 5) is 29.5. The molecule has 2 aromatic heterocycles. The number of rotatable bonds is 5. The van der Waals surface area contributed by atoms with Crippen molar-refractivity contribution in [2.45, 2.75) is 26.2 Å². The molecule has 1 saturated heterocycles. The van der Waals surface area contributed by atoms with Crippen LogP contribution in [0, 0.1) is 5.92 Å². The molecule has 9 nitrogen and oxygen atoms in total. The zero-order valence-corrected chi connectivity index (χ0v) is 18.9. The smallest absolute Gasteiger partial charge is 0.316 e. The van der Waals surface area contributed by atoms with E-state index in [0.717, 1.165) is 29.8 Å². The SMILES string of the molecule is CC(C)C(C)(c1ccc(-c2cnc(N)nc2)cc1)c1noc(C(=O)N2CCN(C)CC2)n1. The molecule has 3 aromatic rings. The summed E-state index contributed by atoms with van der Waals surface area (Å²) in [7, 11) is 2.05. The minimum Gasteiger partial charge on any atom is -0.368 e. The first kappa shape index (κ1) is 21.9. The molecule has 1 fully saturated rings. The second-order valence-electron chi connectivity index (χ2n) is 8.78. The normalized spacial score (nSPS) is 16.8. The minimum atomic E-state index is -0.527. The summed E-state index contributed by atoms with van der Waals surface area (Å²) in [5.41, 5.74) is 7.96. The number of aromatic nitrogens is 4. The van der Waals surface area contributed by atoms with E-state index in [0.29, 0.717) is 18.9 Å². The van der Waals surface area contributed by atoms with E-state index < -0.39 is 5.41 Å². The van der Waals surface area contributed by atoms with Gasteiger partial charge in [0.05, 0.1) is 5.41 Å². The van der Waals surface area contributed by atoms with E-state index in [1.807, 2.05) is 31.3 Å². The van der Waals surface area contributed by atoms with Gasteiger partial charge in [0.15, 0.2) is 5.82 Å². The number of hydrogen-bond donors (Lipinski definition) is 1. The highest BCUT2D eigenvalue weighted by atomic mass is 16.5. The van der Waals surface area contributed by atoms with Gasteiger partial charge in [0.25, 0.3) is 0 Å². The highest BCUT2D eigenvalue weighted by Crippen LogP contribution is 2.38. The molecule has 1 aromatic carbocycles. The molecular weight excluding hydrogens is 406 g/mol. The van der Waals surface area contributed by atoms with Gasteiger partial charge >= 0.3 is 11.8 Å². The molecule has 1 atom stereocenters. The van der Waals surface area contributed by atoms with E-state index in [-0.39, 0.29) is 23.7 Å². The third kappa shape index (κ3) is 4.08. The molecule has 1 amide bonds. The summed E-state index contributed by atoms with van der Waals surface area (Å²) in [6.07, 6.45) is 3.41. The number of benzene rings is 1. The van der Waals surface area contributed by atoms with Gasteiger partial charge in [0, 0.05) is 44.1 Å². The number of nitrogens with two attached hydrogens (primary N) is 1.